The van der Waals surface area contributed by atoms with E-state index in [1.165, 1.54) is 7.11 Å². The number of hydrogen-bond donors (Lipinski definition) is 0. The molecule has 0 bridgehead atoms. The Labute approximate surface area is 80.9 Å². The SMILES string of the molecule is COc1cc(C(F)F)nc(F)c1Br. The van der Waals surface area contributed by atoms with E-state index < -0.39 is 18.1 Å². The highest BCUT2D eigenvalue weighted by atomic mass is 79.9. The van der Waals surface area contributed by atoms with Gasteiger partial charge in [-0.05, 0) is 15.9 Å². The molecule has 2 nitrogen and oxygen atoms in total. The number of alkyl halides is 2. The molecule has 6 heteroatoms. The summed E-state index contributed by atoms with van der Waals surface area (Å²) in [6, 6.07) is 0.984. The van der Waals surface area contributed by atoms with Crippen molar-refractivity contribution >= 4 is 15.9 Å². The summed E-state index contributed by atoms with van der Waals surface area (Å²) in [6.07, 6.45) is -2.81. The van der Waals surface area contributed by atoms with Crippen molar-refractivity contribution in [2.75, 3.05) is 7.11 Å². The minimum Gasteiger partial charge on any atom is -0.495 e. The summed E-state index contributed by atoms with van der Waals surface area (Å²) in [5, 5.41) is 0. The molecule has 0 aliphatic carbocycles. The first-order valence-electron chi connectivity index (χ1n) is 3.24. The normalized spacial score (nSPS) is 10.6. The molecule has 0 unspecified atom stereocenters. The second kappa shape index (κ2) is 3.95. The summed E-state index contributed by atoms with van der Waals surface area (Å²) in [5.74, 6) is -1.00. The van der Waals surface area contributed by atoms with Gasteiger partial charge in [0.05, 0.1) is 7.11 Å². The van der Waals surface area contributed by atoms with Gasteiger partial charge in [0.15, 0.2) is 0 Å². The van der Waals surface area contributed by atoms with Gasteiger partial charge in [0.25, 0.3) is 6.43 Å². The van der Waals surface area contributed by atoms with Crippen LogP contribution in [0.4, 0.5) is 13.2 Å². The number of hydrogen-bond acceptors (Lipinski definition) is 2. The molecule has 0 atom stereocenters. The van der Waals surface area contributed by atoms with Gasteiger partial charge in [-0.25, -0.2) is 13.8 Å². The molecule has 13 heavy (non-hydrogen) atoms. The number of ether oxygens (including phenoxy) is 1. The fraction of sp³-hybridized carbons (Fsp3) is 0.286. The van der Waals surface area contributed by atoms with Gasteiger partial charge in [0.2, 0.25) is 5.95 Å². The van der Waals surface area contributed by atoms with Crippen LogP contribution in [-0.4, -0.2) is 12.1 Å². The van der Waals surface area contributed by atoms with Crippen LogP contribution in [0.2, 0.25) is 0 Å². The van der Waals surface area contributed by atoms with E-state index in [1.54, 1.807) is 0 Å². The summed E-state index contributed by atoms with van der Waals surface area (Å²) in [6.45, 7) is 0. The average Bonchev–Trinajstić information content (AvgIpc) is 2.09. The third-order valence-corrected chi connectivity index (χ3v) is 2.07. The van der Waals surface area contributed by atoms with Crippen molar-refractivity contribution in [3.05, 3.63) is 22.2 Å². The van der Waals surface area contributed by atoms with Gasteiger partial charge in [0.1, 0.15) is 15.9 Å². The molecule has 72 valence electrons. The lowest BCUT2D eigenvalue weighted by atomic mass is 10.3. The third kappa shape index (κ3) is 2.12. The number of rotatable bonds is 2. The van der Waals surface area contributed by atoms with Crippen molar-refractivity contribution in [3.63, 3.8) is 0 Å². The van der Waals surface area contributed by atoms with E-state index in [9.17, 15) is 13.2 Å². The van der Waals surface area contributed by atoms with Crippen molar-refractivity contribution in [2.45, 2.75) is 6.43 Å². The van der Waals surface area contributed by atoms with E-state index in [0.717, 1.165) is 6.07 Å². The van der Waals surface area contributed by atoms with E-state index in [2.05, 4.69) is 25.7 Å². The third-order valence-electron chi connectivity index (χ3n) is 1.35. The monoisotopic (exact) mass is 255 g/mol. The second-order valence-corrected chi connectivity index (χ2v) is 2.95. The standard InChI is InChI=1S/C7H5BrF3NO/c1-13-4-2-3(6(9)10)12-7(11)5(4)8/h2,6H,1H3. The highest BCUT2D eigenvalue weighted by Gasteiger charge is 2.16. The van der Waals surface area contributed by atoms with Crippen molar-refractivity contribution in [3.8, 4) is 5.75 Å². The maximum atomic E-state index is 12.8. The van der Waals surface area contributed by atoms with Crippen LogP contribution in [0.5, 0.6) is 5.75 Å². The molecule has 0 spiro atoms. The van der Waals surface area contributed by atoms with Gasteiger partial charge in [-0.2, -0.15) is 4.39 Å². The quantitative estimate of drug-likeness (QED) is 0.759. The molecule has 0 aliphatic rings. The maximum Gasteiger partial charge on any atom is 0.280 e. The molecule has 0 fully saturated rings. The van der Waals surface area contributed by atoms with Gasteiger partial charge in [-0.3, -0.25) is 0 Å². The van der Waals surface area contributed by atoms with E-state index >= 15 is 0 Å². The first-order chi connectivity index (χ1) is 6.06. The summed E-state index contributed by atoms with van der Waals surface area (Å²) >= 11 is 2.82. The maximum absolute atomic E-state index is 12.8. The lowest BCUT2D eigenvalue weighted by Crippen LogP contribution is -1.97. The number of methoxy groups -OCH3 is 1. The van der Waals surface area contributed by atoms with E-state index in [0.29, 0.717) is 0 Å². The van der Waals surface area contributed by atoms with Crippen molar-refractivity contribution in [2.24, 2.45) is 0 Å². The van der Waals surface area contributed by atoms with Crippen LogP contribution in [0.1, 0.15) is 12.1 Å². The lowest BCUT2D eigenvalue weighted by Gasteiger charge is -2.05. The molecule has 0 aromatic carbocycles. The fourth-order valence-corrected chi connectivity index (χ4v) is 1.12. The Bertz CT molecular complexity index is 319. The van der Waals surface area contributed by atoms with Crippen molar-refractivity contribution < 1.29 is 17.9 Å². The molecule has 0 amide bonds. The largest absolute Gasteiger partial charge is 0.495 e. The minimum absolute atomic E-state index is 0.00259. The van der Waals surface area contributed by atoms with Crippen LogP contribution >= 0.6 is 15.9 Å². The predicted molar refractivity (Wildman–Crippen MR) is 43.4 cm³/mol. The van der Waals surface area contributed by atoms with Crippen LogP contribution in [0, 0.1) is 5.95 Å². The van der Waals surface area contributed by atoms with Gasteiger partial charge in [0, 0.05) is 6.07 Å². The Morgan fingerprint density at radius 1 is 1.54 bits per heavy atom. The number of nitrogens with zero attached hydrogens (tertiary/aromatic N) is 1. The Balaban J connectivity index is 3.22. The van der Waals surface area contributed by atoms with Crippen LogP contribution in [0.15, 0.2) is 10.5 Å². The Morgan fingerprint density at radius 3 is 2.62 bits per heavy atom. The molecule has 1 aromatic rings. The lowest BCUT2D eigenvalue weighted by molar-refractivity contribution is 0.144. The highest BCUT2D eigenvalue weighted by molar-refractivity contribution is 9.10. The molecular weight excluding hydrogens is 251 g/mol. The minimum atomic E-state index is -2.81. The summed E-state index contributed by atoms with van der Waals surface area (Å²) in [5.41, 5.74) is -0.641. The molecule has 1 rings (SSSR count). The molecule has 0 saturated heterocycles. The van der Waals surface area contributed by atoms with Crippen LogP contribution in [-0.2, 0) is 0 Å². The smallest absolute Gasteiger partial charge is 0.280 e. The Morgan fingerprint density at radius 2 is 2.15 bits per heavy atom. The topological polar surface area (TPSA) is 22.1 Å². The van der Waals surface area contributed by atoms with Crippen molar-refractivity contribution in [1.82, 2.24) is 4.98 Å². The molecule has 0 radical (unpaired) electrons. The molecular formula is C7H5BrF3NO. The zero-order valence-electron chi connectivity index (χ0n) is 6.52. The van der Waals surface area contributed by atoms with Gasteiger partial charge < -0.3 is 4.74 Å². The van der Waals surface area contributed by atoms with Crippen LogP contribution in [0.3, 0.4) is 0 Å². The van der Waals surface area contributed by atoms with Gasteiger partial charge in [-0.15, -0.1) is 0 Å². The molecule has 0 saturated carbocycles. The molecule has 1 heterocycles. The highest BCUT2D eigenvalue weighted by Crippen LogP contribution is 2.30. The van der Waals surface area contributed by atoms with Gasteiger partial charge >= 0.3 is 0 Å². The zero-order valence-corrected chi connectivity index (χ0v) is 8.11. The van der Waals surface area contributed by atoms with E-state index in [-0.39, 0.29) is 10.2 Å². The van der Waals surface area contributed by atoms with Gasteiger partial charge in [-0.1, -0.05) is 0 Å². The summed E-state index contributed by atoms with van der Waals surface area (Å²) in [7, 11) is 1.26. The Hall–Kier alpha value is -0.780. The molecule has 1 aromatic heterocycles. The van der Waals surface area contributed by atoms with E-state index in [4.69, 9.17) is 0 Å². The van der Waals surface area contributed by atoms with E-state index in [1.807, 2.05) is 0 Å². The zero-order chi connectivity index (χ0) is 10.0. The van der Waals surface area contributed by atoms with Crippen molar-refractivity contribution in [1.29, 1.82) is 0 Å². The van der Waals surface area contributed by atoms with Crippen LogP contribution in [0.25, 0.3) is 0 Å². The van der Waals surface area contributed by atoms with Crippen LogP contribution < -0.4 is 4.74 Å². The summed E-state index contributed by atoms with van der Waals surface area (Å²) in [4.78, 5) is 3.04. The number of aromatic nitrogens is 1. The fourth-order valence-electron chi connectivity index (χ4n) is 0.754. The molecule has 0 aliphatic heterocycles. The average molecular weight is 256 g/mol. The first-order valence-corrected chi connectivity index (χ1v) is 4.03. The second-order valence-electron chi connectivity index (χ2n) is 2.15. The first kappa shape index (κ1) is 10.3. The predicted octanol–water partition coefficient (Wildman–Crippen LogP) is 2.93. The number of pyridine rings is 1. The number of halogens is 4. The molecule has 0 N–H and O–H groups in total. The summed E-state index contributed by atoms with van der Waals surface area (Å²) < 4.78 is 41.6. The Kier molecular flexibility index (Phi) is 3.13.